The number of hydrogen-bond acceptors (Lipinski definition) is 7. The van der Waals surface area contributed by atoms with Crippen LogP contribution >= 0.6 is 23.5 Å². The van der Waals surface area contributed by atoms with Crippen LogP contribution in [0.4, 0.5) is 0 Å². The molecule has 2 aromatic heterocycles. The van der Waals surface area contributed by atoms with Gasteiger partial charge in [-0.2, -0.15) is 4.98 Å². The van der Waals surface area contributed by atoms with E-state index in [0.29, 0.717) is 10.9 Å². The SMILES string of the molecule is COC(=O)[C@@H](SC)Sc1nc2nc(C)cc(C)n2n1. The third kappa shape index (κ3) is 3.01. The molecule has 0 saturated heterocycles. The molecule has 1 atom stereocenters. The van der Waals surface area contributed by atoms with E-state index >= 15 is 0 Å². The van der Waals surface area contributed by atoms with Crippen molar-refractivity contribution in [2.75, 3.05) is 13.4 Å². The highest BCUT2D eigenvalue weighted by Gasteiger charge is 2.22. The minimum absolute atomic E-state index is 0.294. The third-order valence-corrected chi connectivity index (χ3v) is 4.70. The summed E-state index contributed by atoms with van der Waals surface area (Å²) in [4.78, 5) is 20.2. The molecule has 0 radical (unpaired) electrons. The minimum Gasteiger partial charge on any atom is -0.468 e. The Kier molecular flexibility index (Phi) is 4.31. The van der Waals surface area contributed by atoms with Crippen molar-refractivity contribution in [1.29, 1.82) is 0 Å². The Morgan fingerprint density at radius 1 is 1.42 bits per heavy atom. The van der Waals surface area contributed by atoms with Crippen LogP contribution in [0.15, 0.2) is 11.2 Å². The van der Waals surface area contributed by atoms with Crippen molar-refractivity contribution < 1.29 is 9.53 Å². The van der Waals surface area contributed by atoms with E-state index in [1.165, 1.54) is 30.6 Å². The number of fused-ring (bicyclic) bond motifs is 1. The fourth-order valence-corrected chi connectivity index (χ4v) is 3.16. The number of aryl methyl sites for hydroxylation is 2. The van der Waals surface area contributed by atoms with Gasteiger partial charge in [0.25, 0.3) is 5.78 Å². The van der Waals surface area contributed by atoms with Crippen LogP contribution in [0.5, 0.6) is 0 Å². The van der Waals surface area contributed by atoms with Gasteiger partial charge in [-0.1, -0.05) is 11.8 Å². The molecule has 6 nitrogen and oxygen atoms in total. The molecule has 0 N–H and O–H groups in total. The Balaban J connectivity index is 2.31. The Bertz CT molecular complexity index is 614. The number of carbonyl (C=O) groups is 1. The van der Waals surface area contributed by atoms with E-state index in [-0.39, 0.29) is 10.6 Å². The fourth-order valence-electron chi connectivity index (χ4n) is 1.58. The van der Waals surface area contributed by atoms with Crippen molar-refractivity contribution in [2.45, 2.75) is 23.6 Å². The number of ether oxygens (including phenoxy) is 1. The van der Waals surface area contributed by atoms with Gasteiger partial charge in [0.05, 0.1) is 7.11 Å². The first kappa shape index (κ1) is 14.1. The average molecular weight is 298 g/mol. The van der Waals surface area contributed by atoms with Gasteiger partial charge in [0.1, 0.15) is 0 Å². The van der Waals surface area contributed by atoms with E-state index in [4.69, 9.17) is 4.74 Å². The summed E-state index contributed by atoms with van der Waals surface area (Å²) >= 11 is 2.66. The van der Waals surface area contributed by atoms with Gasteiger partial charge < -0.3 is 4.74 Å². The van der Waals surface area contributed by atoms with E-state index in [2.05, 4.69) is 15.1 Å². The second-order valence-corrected chi connectivity index (χ2v) is 6.17. The number of hydrogen-bond donors (Lipinski definition) is 0. The molecular formula is C11H14N4O2S2. The zero-order valence-corrected chi connectivity index (χ0v) is 12.7. The Morgan fingerprint density at radius 3 is 2.79 bits per heavy atom. The summed E-state index contributed by atoms with van der Waals surface area (Å²) in [7, 11) is 1.37. The molecule has 0 spiro atoms. The number of thioether (sulfide) groups is 2. The van der Waals surface area contributed by atoms with E-state index in [0.717, 1.165) is 11.4 Å². The maximum atomic E-state index is 11.5. The summed E-state index contributed by atoms with van der Waals surface area (Å²) < 4.78 is 6.03. The van der Waals surface area contributed by atoms with Crippen LogP contribution in [0.1, 0.15) is 11.4 Å². The average Bonchev–Trinajstić information content (AvgIpc) is 2.77. The van der Waals surface area contributed by atoms with Gasteiger partial charge in [0.15, 0.2) is 4.58 Å². The summed E-state index contributed by atoms with van der Waals surface area (Å²) in [5, 5.41) is 4.86. The highest BCUT2D eigenvalue weighted by atomic mass is 32.2. The van der Waals surface area contributed by atoms with Crippen molar-refractivity contribution in [3.8, 4) is 0 Å². The lowest BCUT2D eigenvalue weighted by molar-refractivity contribution is -0.138. The third-order valence-electron chi connectivity index (χ3n) is 2.42. The molecule has 0 aliphatic carbocycles. The van der Waals surface area contributed by atoms with Crippen molar-refractivity contribution >= 4 is 35.3 Å². The summed E-state index contributed by atoms with van der Waals surface area (Å²) in [6, 6.07) is 1.93. The first-order valence-corrected chi connectivity index (χ1v) is 7.70. The van der Waals surface area contributed by atoms with Crippen LogP contribution in [0.3, 0.4) is 0 Å². The van der Waals surface area contributed by atoms with Gasteiger partial charge in [-0.25, -0.2) is 14.3 Å². The van der Waals surface area contributed by atoms with E-state index in [1.54, 1.807) is 4.52 Å². The largest absolute Gasteiger partial charge is 0.468 e. The van der Waals surface area contributed by atoms with Crippen molar-refractivity contribution in [1.82, 2.24) is 19.6 Å². The second-order valence-electron chi connectivity index (χ2n) is 3.85. The highest BCUT2D eigenvalue weighted by Crippen LogP contribution is 2.28. The molecule has 0 fully saturated rings. The van der Waals surface area contributed by atoms with Gasteiger partial charge in [-0.3, -0.25) is 0 Å². The number of esters is 1. The molecule has 0 aromatic carbocycles. The molecule has 0 bridgehead atoms. The Morgan fingerprint density at radius 2 is 2.16 bits per heavy atom. The van der Waals surface area contributed by atoms with Gasteiger partial charge in [0, 0.05) is 11.4 Å². The van der Waals surface area contributed by atoms with Gasteiger partial charge in [-0.05, 0) is 26.2 Å². The normalized spacial score (nSPS) is 12.6. The number of nitrogens with zero attached hydrogens (tertiary/aromatic N) is 4. The van der Waals surface area contributed by atoms with E-state index in [1.807, 2.05) is 26.2 Å². The van der Waals surface area contributed by atoms with Gasteiger partial charge in [-0.15, -0.1) is 16.9 Å². The summed E-state index contributed by atoms with van der Waals surface area (Å²) in [6.45, 7) is 3.85. The summed E-state index contributed by atoms with van der Waals surface area (Å²) in [5.74, 6) is 0.252. The van der Waals surface area contributed by atoms with Crippen LogP contribution in [-0.2, 0) is 9.53 Å². The number of carbonyl (C=O) groups excluding carboxylic acids is 1. The molecule has 0 unspecified atom stereocenters. The zero-order valence-electron chi connectivity index (χ0n) is 11.1. The first-order valence-electron chi connectivity index (χ1n) is 5.53. The molecule has 0 saturated carbocycles. The molecule has 2 aromatic rings. The number of rotatable bonds is 4. The molecule has 2 heterocycles. The second kappa shape index (κ2) is 5.79. The van der Waals surface area contributed by atoms with Crippen molar-refractivity contribution in [3.63, 3.8) is 0 Å². The molecule has 0 amide bonds. The topological polar surface area (TPSA) is 69.4 Å². The fraction of sp³-hybridized carbons (Fsp3) is 0.455. The Labute approximate surface area is 119 Å². The van der Waals surface area contributed by atoms with Crippen LogP contribution in [0.2, 0.25) is 0 Å². The van der Waals surface area contributed by atoms with Crippen LogP contribution in [0, 0.1) is 13.8 Å². The lowest BCUT2D eigenvalue weighted by atomic mass is 10.4. The van der Waals surface area contributed by atoms with E-state index in [9.17, 15) is 4.79 Å². The summed E-state index contributed by atoms with van der Waals surface area (Å²) in [6.07, 6.45) is 1.85. The number of methoxy groups -OCH3 is 1. The molecule has 8 heteroatoms. The molecule has 2 rings (SSSR count). The minimum atomic E-state index is -0.371. The maximum Gasteiger partial charge on any atom is 0.329 e. The molecular weight excluding hydrogens is 284 g/mol. The molecule has 19 heavy (non-hydrogen) atoms. The smallest absolute Gasteiger partial charge is 0.329 e. The monoisotopic (exact) mass is 298 g/mol. The summed E-state index contributed by atoms with van der Waals surface area (Å²) in [5.41, 5.74) is 1.85. The quantitative estimate of drug-likeness (QED) is 0.483. The lowest BCUT2D eigenvalue weighted by Crippen LogP contribution is -2.14. The predicted octanol–water partition coefficient (Wildman–Crippen LogP) is 1.70. The van der Waals surface area contributed by atoms with E-state index < -0.39 is 0 Å². The van der Waals surface area contributed by atoms with Crippen LogP contribution in [0.25, 0.3) is 5.78 Å². The highest BCUT2D eigenvalue weighted by molar-refractivity contribution is 8.17. The predicted molar refractivity (Wildman–Crippen MR) is 75.4 cm³/mol. The molecule has 0 aliphatic heterocycles. The van der Waals surface area contributed by atoms with Crippen LogP contribution in [-0.4, -0.2) is 43.5 Å². The van der Waals surface area contributed by atoms with Crippen molar-refractivity contribution in [3.05, 3.63) is 17.5 Å². The maximum absolute atomic E-state index is 11.5. The lowest BCUT2D eigenvalue weighted by Gasteiger charge is -2.08. The Hall–Kier alpha value is -1.28. The standard InChI is InChI=1S/C11H14N4O2S2/c1-6-5-7(2)15-10(12-6)13-11(14-15)19-9(18-4)8(16)17-3/h5,9H,1-4H3/t9-/m0/s1. The van der Waals surface area contributed by atoms with Gasteiger partial charge in [0.2, 0.25) is 5.16 Å². The first-order chi connectivity index (χ1) is 9.05. The molecule has 0 aliphatic rings. The number of aromatic nitrogens is 4. The van der Waals surface area contributed by atoms with Gasteiger partial charge >= 0.3 is 5.97 Å². The zero-order chi connectivity index (χ0) is 14.0. The van der Waals surface area contributed by atoms with Crippen LogP contribution < -0.4 is 0 Å². The van der Waals surface area contributed by atoms with Crippen molar-refractivity contribution in [2.24, 2.45) is 0 Å². The molecule has 102 valence electrons.